The summed E-state index contributed by atoms with van der Waals surface area (Å²) in [5.41, 5.74) is 1.07. The second kappa shape index (κ2) is 9.78. The number of hydrogen-bond acceptors (Lipinski definition) is 7. The van der Waals surface area contributed by atoms with Crippen molar-refractivity contribution >= 4 is 21.6 Å². The quantitative estimate of drug-likeness (QED) is 0.624. The summed E-state index contributed by atoms with van der Waals surface area (Å²) in [5.74, 6) is 1.23. The lowest BCUT2D eigenvalue weighted by molar-refractivity contribution is 0.0940. The van der Waals surface area contributed by atoms with Gasteiger partial charge in [0.05, 0.1) is 52.0 Å². The smallest absolute Gasteiger partial charge is 0.254 e. The lowest BCUT2D eigenvalue weighted by Crippen LogP contribution is -2.31. The molecule has 0 aliphatic rings. The highest BCUT2D eigenvalue weighted by Gasteiger charge is 2.24. The Balaban J connectivity index is 2.46. The number of nitrogens with zero attached hydrogens (tertiary/aromatic N) is 1. The SMILES string of the molecule is COc1ccc([C@@H](C)NC(=O)c2cc(OC)c(OC)cc2N(C)S(C)(=O)=O)cc1OC. The molecule has 2 aromatic rings. The van der Waals surface area contributed by atoms with Gasteiger partial charge in [-0.1, -0.05) is 6.07 Å². The van der Waals surface area contributed by atoms with Gasteiger partial charge in [-0.3, -0.25) is 9.10 Å². The lowest BCUT2D eigenvalue weighted by atomic mass is 10.1. The van der Waals surface area contributed by atoms with E-state index in [9.17, 15) is 13.2 Å². The number of carbonyl (C=O) groups excluding carboxylic acids is 1. The topological polar surface area (TPSA) is 103 Å². The molecular formula is C21H28N2O7S. The zero-order valence-electron chi connectivity index (χ0n) is 18.7. The molecule has 1 amide bonds. The first-order valence-corrected chi connectivity index (χ1v) is 11.1. The summed E-state index contributed by atoms with van der Waals surface area (Å²) in [5, 5.41) is 2.88. The molecule has 0 bridgehead atoms. The molecule has 2 aromatic carbocycles. The summed E-state index contributed by atoms with van der Waals surface area (Å²) in [6, 6.07) is 7.82. The van der Waals surface area contributed by atoms with Crippen LogP contribution in [0.4, 0.5) is 5.69 Å². The second-order valence-corrected chi connectivity index (χ2v) is 8.78. The molecule has 1 atom stereocenters. The van der Waals surface area contributed by atoms with E-state index in [4.69, 9.17) is 18.9 Å². The number of amides is 1. The van der Waals surface area contributed by atoms with Crippen LogP contribution in [0.1, 0.15) is 28.9 Å². The van der Waals surface area contributed by atoms with Crippen LogP contribution in [0.25, 0.3) is 0 Å². The lowest BCUT2D eigenvalue weighted by Gasteiger charge is -2.23. The fraction of sp³-hybridized carbons (Fsp3) is 0.381. The number of anilines is 1. The molecule has 0 saturated carbocycles. The van der Waals surface area contributed by atoms with Gasteiger partial charge in [0, 0.05) is 13.1 Å². The molecule has 10 heteroatoms. The summed E-state index contributed by atoms with van der Waals surface area (Å²) in [6.07, 6.45) is 1.05. The molecule has 31 heavy (non-hydrogen) atoms. The largest absolute Gasteiger partial charge is 0.493 e. The Kier molecular flexibility index (Phi) is 7.61. The van der Waals surface area contributed by atoms with Gasteiger partial charge in [-0.05, 0) is 30.7 Å². The molecule has 0 fully saturated rings. The number of carbonyl (C=O) groups is 1. The van der Waals surface area contributed by atoms with Crippen molar-refractivity contribution in [2.45, 2.75) is 13.0 Å². The minimum absolute atomic E-state index is 0.123. The Hall–Kier alpha value is -3.14. The van der Waals surface area contributed by atoms with Gasteiger partial charge in [-0.2, -0.15) is 0 Å². The third kappa shape index (κ3) is 5.32. The molecule has 2 rings (SSSR count). The first kappa shape index (κ1) is 24.1. The molecule has 0 spiro atoms. The molecule has 9 nitrogen and oxygen atoms in total. The normalized spacial score (nSPS) is 12.0. The number of ether oxygens (including phenoxy) is 4. The predicted molar refractivity (Wildman–Crippen MR) is 118 cm³/mol. The summed E-state index contributed by atoms with van der Waals surface area (Å²) >= 11 is 0. The van der Waals surface area contributed by atoms with Crippen LogP contribution < -0.4 is 28.6 Å². The summed E-state index contributed by atoms with van der Waals surface area (Å²) in [4.78, 5) is 13.1. The van der Waals surface area contributed by atoms with E-state index in [1.54, 1.807) is 26.2 Å². The second-order valence-electron chi connectivity index (χ2n) is 6.76. The van der Waals surface area contributed by atoms with Gasteiger partial charge in [0.2, 0.25) is 10.0 Å². The zero-order valence-corrected chi connectivity index (χ0v) is 19.5. The third-order valence-electron chi connectivity index (χ3n) is 4.84. The van der Waals surface area contributed by atoms with Crippen molar-refractivity contribution in [1.29, 1.82) is 0 Å². The summed E-state index contributed by atoms with van der Waals surface area (Å²) in [6.45, 7) is 1.81. The average molecular weight is 453 g/mol. The van der Waals surface area contributed by atoms with E-state index in [-0.39, 0.29) is 11.3 Å². The third-order valence-corrected chi connectivity index (χ3v) is 6.03. The Morgan fingerprint density at radius 2 is 1.42 bits per heavy atom. The van der Waals surface area contributed by atoms with E-state index in [0.717, 1.165) is 16.1 Å². The molecular weight excluding hydrogens is 424 g/mol. The van der Waals surface area contributed by atoms with E-state index in [2.05, 4.69) is 5.32 Å². The molecule has 1 N–H and O–H groups in total. The van der Waals surface area contributed by atoms with Crippen molar-refractivity contribution in [3.8, 4) is 23.0 Å². The van der Waals surface area contributed by atoms with Gasteiger partial charge >= 0.3 is 0 Å². The summed E-state index contributed by atoms with van der Waals surface area (Å²) in [7, 11) is 3.68. The number of hydrogen-bond donors (Lipinski definition) is 1. The first-order chi connectivity index (χ1) is 14.6. The Bertz CT molecular complexity index is 1050. The van der Waals surface area contributed by atoms with Crippen molar-refractivity contribution in [2.24, 2.45) is 0 Å². The van der Waals surface area contributed by atoms with Crippen molar-refractivity contribution in [3.63, 3.8) is 0 Å². The Morgan fingerprint density at radius 3 is 1.94 bits per heavy atom. The minimum Gasteiger partial charge on any atom is -0.493 e. The van der Waals surface area contributed by atoms with Gasteiger partial charge in [-0.25, -0.2) is 8.42 Å². The molecule has 0 aliphatic carbocycles. The number of sulfonamides is 1. The molecule has 0 unspecified atom stereocenters. The number of nitrogens with one attached hydrogen (secondary N) is 1. The summed E-state index contributed by atoms with van der Waals surface area (Å²) < 4.78 is 46.4. The van der Waals surface area contributed by atoms with E-state index in [1.807, 2.05) is 6.07 Å². The average Bonchev–Trinajstić information content (AvgIpc) is 2.76. The fourth-order valence-electron chi connectivity index (χ4n) is 2.97. The molecule has 170 valence electrons. The zero-order chi connectivity index (χ0) is 23.3. The molecule has 0 saturated heterocycles. The highest BCUT2D eigenvalue weighted by molar-refractivity contribution is 7.92. The van der Waals surface area contributed by atoms with Gasteiger partial charge < -0.3 is 24.3 Å². The maximum atomic E-state index is 13.1. The van der Waals surface area contributed by atoms with E-state index < -0.39 is 22.0 Å². The minimum atomic E-state index is -3.63. The van der Waals surface area contributed by atoms with Crippen molar-refractivity contribution in [3.05, 3.63) is 41.5 Å². The monoisotopic (exact) mass is 452 g/mol. The van der Waals surface area contributed by atoms with Crippen molar-refractivity contribution in [2.75, 3.05) is 46.0 Å². The maximum absolute atomic E-state index is 13.1. The Labute approximate surface area is 182 Å². The number of benzene rings is 2. The van der Waals surface area contributed by atoms with Crippen LogP contribution in [0.15, 0.2) is 30.3 Å². The molecule has 0 aromatic heterocycles. The first-order valence-electron chi connectivity index (χ1n) is 9.30. The molecule has 0 aliphatic heterocycles. The van der Waals surface area contributed by atoms with Crippen LogP contribution in [0, 0.1) is 0 Å². The van der Waals surface area contributed by atoms with E-state index >= 15 is 0 Å². The highest BCUT2D eigenvalue weighted by Crippen LogP contribution is 2.36. The van der Waals surface area contributed by atoms with Gasteiger partial charge in [-0.15, -0.1) is 0 Å². The molecule has 0 radical (unpaired) electrons. The van der Waals surface area contributed by atoms with E-state index in [0.29, 0.717) is 23.0 Å². The van der Waals surface area contributed by atoms with E-state index in [1.165, 1.54) is 40.5 Å². The predicted octanol–water partition coefficient (Wildman–Crippen LogP) is 2.61. The van der Waals surface area contributed by atoms with Crippen LogP contribution in [0.3, 0.4) is 0 Å². The van der Waals surface area contributed by atoms with Crippen LogP contribution in [-0.4, -0.2) is 56.1 Å². The van der Waals surface area contributed by atoms with Gasteiger partial charge in [0.1, 0.15) is 0 Å². The molecule has 0 heterocycles. The fourth-order valence-corrected chi connectivity index (χ4v) is 3.48. The maximum Gasteiger partial charge on any atom is 0.254 e. The van der Waals surface area contributed by atoms with Crippen LogP contribution in [0.5, 0.6) is 23.0 Å². The number of rotatable bonds is 9. The van der Waals surface area contributed by atoms with Crippen molar-refractivity contribution in [1.82, 2.24) is 5.32 Å². The Morgan fingerprint density at radius 1 is 0.903 bits per heavy atom. The highest BCUT2D eigenvalue weighted by atomic mass is 32.2. The number of methoxy groups -OCH3 is 4. The van der Waals surface area contributed by atoms with Crippen LogP contribution in [0.2, 0.25) is 0 Å². The van der Waals surface area contributed by atoms with Gasteiger partial charge in [0.25, 0.3) is 5.91 Å². The van der Waals surface area contributed by atoms with Crippen LogP contribution >= 0.6 is 0 Å². The standard InChI is InChI=1S/C21H28N2O7S/c1-13(14-8-9-17(27-3)18(10-14)28-4)22-21(24)15-11-19(29-5)20(30-6)12-16(15)23(2)31(7,25)26/h8-13H,1-7H3,(H,22,24)/t13-/m1/s1. The van der Waals surface area contributed by atoms with Crippen molar-refractivity contribution < 1.29 is 32.2 Å². The van der Waals surface area contributed by atoms with Crippen LogP contribution in [-0.2, 0) is 10.0 Å². The van der Waals surface area contributed by atoms with Gasteiger partial charge in [0.15, 0.2) is 23.0 Å².